The third-order valence-electron chi connectivity index (χ3n) is 3.08. The topological polar surface area (TPSA) is 58.2 Å². The van der Waals surface area contributed by atoms with E-state index in [-0.39, 0.29) is 18.2 Å². The number of anilines is 1. The minimum absolute atomic E-state index is 0.108. The molecule has 1 aromatic rings. The van der Waals surface area contributed by atoms with Gasteiger partial charge < -0.3 is 10.6 Å². The third-order valence-corrected chi connectivity index (χ3v) is 3.08. The Labute approximate surface area is 112 Å². The first-order valence-corrected chi connectivity index (χ1v) is 6.49. The van der Waals surface area contributed by atoms with E-state index in [1.54, 1.807) is 0 Å². The average Bonchev–Trinajstić information content (AvgIpc) is 3.24. The number of amides is 2. The van der Waals surface area contributed by atoms with Gasteiger partial charge in [0.1, 0.15) is 0 Å². The number of rotatable bonds is 6. The van der Waals surface area contributed by atoms with Crippen molar-refractivity contribution in [3.63, 3.8) is 0 Å². The largest absolute Gasteiger partial charge is 0.352 e. The van der Waals surface area contributed by atoms with Crippen LogP contribution in [0.5, 0.6) is 0 Å². The quantitative estimate of drug-likeness (QED) is 0.768. The smallest absolute Gasteiger partial charge is 0.243 e. The van der Waals surface area contributed by atoms with Crippen LogP contribution in [0, 0.1) is 0 Å². The lowest BCUT2D eigenvalue weighted by Gasteiger charge is -2.06. The van der Waals surface area contributed by atoms with E-state index < -0.39 is 0 Å². The van der Waals surface area contributed by atoms with E-state index in [1.165, 1.54) is 24.5 Å². The second-order valence-corrected chi connectivity index (χ2v) is 4.69. The standard InChI is InChI=1S/C15H18N2O2/c1-2-14(18)16-10-9-15(19)17-13-7-5-12(6-8-13)11-3-4-11/h2,5-8,11H,1,3-4,9-10H2,(H,16,18)(H,17,19). The Morgan fingerprint density at radius 3 is 2.53 bits per heavy atom. The van der Waals surface area contributed by atoms with E-state index >= 15 is 0 Å². The number of benzene rings is 1. The zero-order valence-electron chi connectivity index (χ0n) is 10.8. The number of carbonyl (C=O) groups excluding carboxylic acids is 2. The van der Waals surface area contributed by atoms with Crippen molar-refractivity contribution in [2.75, 3.05) is 11.9 Å². The van der Waals surface area contributed by atoms with Crippen LogP contribution < -0.4 is 10.6 Å². The fourth-order valence-corrected chi connectivity index (χ4v) is 1.85. The fourth-order valence-electron chi connectivity index (χ4n) is 1.85. The molecule has 1 aliphatic carbocycles. The van der Waals surface area contributed by atoms with Crippen LogP contribution in [0.15, 0.2) is 36.9 Å². The van der Waals surface area contributed by atoms with Crippen molar-refractivity contribution >= 4 is 17.5 Å². The van der Waals surface area contributed by atoms with Gasteiger partial charge in [-0.1, -0.05) is 18.7 Å². The molecule has 100 valence electrons. The summed E-state index contributed by atoms with van der Waals surface area (Å²) in [5.41, 5.74) is 2.14. The van der Waals surface area contributed by atoms with Crippen LogP contribution in [0.3, 0.4) is 0 Å². The molecule has 4 nitrogen and oxygen atoms in total. The predicted octanol–water partition coefficient (Wildman–Crippen LogP) is 2.19. The van der Waals surface area contributed by atoms with Gasteiger partial charge in [-0.15, -0.1) is 0 Å². The maximum absolute atomic E-state index is 11.6. The molecule has 2 amide bonds. The summed E-state index contributed by atoms with van der Waals surface area (Å²) in [6, 6.07) is 7.97. The Bertz CT molecular complexity index is 475. The number of hydrogen-bond acceptors (Lipinski definition) is 2. The molecule has 0 bridgehead atoms. The third kappa shape index (κ3) is 4.25. The molecule has 0 atom stereocenters. The molecule has 1 aliphatic rings. The molecule has 0 radical (unpaired) electrons. The summed E-state index contributed by atoms with van der Waals surface area (Å²) >= 11 is 0. The van der Waals surface area contributed by atoms with E-state index in [4.69, 9.17) is 0 Å². The van der Waals surface area contributed by atoms with Gasteiger partial charge in [0.15, 0.2) is 0 Å². The average molecular weight is 258 g/mol. The Hall–Kier alpha value is -2.10. The van der Waals surface area contributed by atoms with E-state index in [0.717, 1.165) is 11.6 Å². The monoisotopic (exact) mass is 258 g/mol. The van der Waals surface area contributed by atoms with Crippen LogP contribution in [0.25, 0.3) is 0 Å². The van der Waals surface area contributed by atoms with Gasteiger partial charge >= 0.3 is 0 Å². The summed E-state index contributed by atoms with van der Waals surface area (Å²) in [5, 5.41) is 5.37. The minimum atomic E-state index is -0.262. The van der Waals surface area contributed by atoms with Gasteiger partial charge in [-0.2, -0.15) is 0 Å². The summed E-state index contributed by atoms with van der Waals surface area (Å²) in [6.45, 7) is 3.66. The van der Waals surface area contributed by atoms with Gasteiger partial charge in [0.25, 0.3) is 0 Å². The van der Waals surface area contributed by atoms with Gasteiger partial charge in [0.2, 0.25) is 11.8 Å². The first-order valence-electron chi connectivity index (χ1n) is 6.49. The lowest BCUT2D eigenvalue weighted by molar-refractivity contribution is -0.117. The minimum Gasteiger partial charge on any atom is -0.352 e. The molecule has 0 aliphatic heterocycles. The highest BCUT2D eigenvalue weighted by molar-refractivity contribution is 5.91. The summed E-state index contributed by atoms with van der Waals surface area (Å²) in [5.74, 6) is 0.351. The van der Waals surface area contributed by atoms with Crippen molar-refractivity contribution in [1.82, 2.24) is 5.32 Å². The Morgan fingerprint density at radius 2 is 1.95 bits per heavy atom. The molecule has 0 spiro atoms. The van der Waals surface area contributed by atoms with E-state index in [2.05, 4.69) is 29.3 Å². The Balaban J connectivity index is 1.75. The number of nitrogens with one attached hydrogen (secondary N) is 2. The van der Waals surface area contributed by atoms with E-state index in [1.807, 2.05) is 12.1 Å². The van der Waals surface area contributed by atoms with Crippen molar-refractivity contribution in [3.8, 4) is 0 Å². The summed E-state index contributed by atoms with van der Waals surface area (Å²) in [7, 11) is 0. The van der Waals surface area contributed by atoms with Crippen molar-refractivity contribution in [1.29, 1.82) is 0 Å². The van der Waals surface area contributed by atoms with Crippen molar-refractivity contribution in [2.24, 2.45) is 0 Å². The summed E-state index contributed by atoms with van der Waals surface area (Å²) < 4.78 is 0. The highest BCUT2D eigenvalue weighted by Crippen LogP contribution is 2.40. The second-order valence-electron chi connectivity index (χ2n) is 4.69. The first-order chi connectivity index (χ1) is 9.19. The number of hydrogen-bond donors (Lipinski definition) is 2. The van der Waals surface area contributed by atoms with Crippen molar-refractivity contribution < 1.29 is 9.59 Å². The molecule has 4 heteroatoms. The SMILES string of the molecule is C=CC(=O)NCCC(=O)Nc1ccc(C2CC2)cc1. The van der Waals surface area contributed by atoms with Gasteiger partial charge in [-0.25, -0.2) is 0 Å². The van der Waals surface area contributed by atoms with Crippen LogP contribution in [0.2, 0.25) is 0 Å². The molecule has 19 heavy (non-hydrogen) atoms. The fraction of sp³-hybridized carbons (Fsp3) is 0.333. The molecule has 0 unspecified atom stereocenters. The molecule has 0 aromatic heterocycles. The lowest BCUT2D eigenvalue weighted by atomic mass is 10.1. The van der Waals surface area contributed by atoms with Crippen LogP contribution in [-0.4, -0.2) is 18.4 Å². The first kappa shape index (κ1) is 13.3. The zero-order valence-corrected chi connectivity index (χ0v) is 10.8. The van der Waals surface area contributed by atoms with Crippen LogP contribution >= 0.6 is 0 Å². The summed E-state index contributed by atoms with van der Waals surface area (Å²) in [4.78, 5) is 22.5. The normalized spacial score (nSPS) is 13.7. The molecule has 2 rings (SSSR count). The van der Waals surface area contributed by atoms with Gasteiger partial charge in [0, 0.05) is 18.7 Å². The molecule has 1 saturated carbocycles. The predicted molar refractivity (Wildman–Crippen MR) is 74.9 cm³/mol. The van der Waals surface area contributed by atoms with E-state index in [0.29, 0.717) is 6.54 Å². The maximum Gasteiger partial charge on any atom is 0.243 e. The van der Waals surface area contributed by atoms with Crippen LogP contribution in [-0.2, 0) is 9.59 Å². The maximum atomic E-state index is 11.6. The Kier molecular flexibility index (Phi) is 4.34. The molecular formula is C15H18N2O2. The highest BCUT2D eigenvalue weighted by Gasteiger charge is 2.22. The van der Waals surface area contributed by atoms with E-state index in [9.17, 15) is 9.59 Å². The van der Waals surface area contributed by atoms with Gasteiger partial charge in [-0.05, 0) is 42.5 Å². The van der Waals surface area contributed by atoms with Gasteiger partial charge in [0.05, 0.1) is 0 Å². The van der Waals surface area contributed by atoms with Crippen LogP contribution in [0.1, 0.15) is 30.7 Å². The molecule has 2 N–H and O–H groups in total. The molecule has 1 fully saturated rings. The molecule has 0 heterocycles. The highest BCUT2D eigenvalue weighted by atomic mass is 16.2. The molecule has 0 saturated heterocycles. The molecular weight excluding hydrogens is 240 g/mol. The van der Waals surface area contributed by atoms with Crippen molar-refractivity contribution in [2.45, 2.75) is 25.2 Å². The lowest BCUT2D eigenvalue weighted by Crippen LogP contribution is -2.25. The number of carbonyl (C=O) groups is 2. The van der Waals surface area contributed by atoms with Crippen molar-refractivity contribution in [3.05, 3.63) is 42.5 Å². The zero-order chi connectivity index (χ0) is 13.7. The molecule has 1 aromatic carbocycles. The Morgan fingerprint density at radius 1 is 1.26 bits per heavy atom. The second kappa shape index (κ2) is 6.18. The van der Waals surface area contributed by atoms with Crippen LogP contribution in [0.4, 0.5) is 5.69 Å². The van der Waals surface area contributed by atoms with Gasteiger partial charge in [-0.3, -0.25) is 9.59 Å². The summed E-state index contributed by atoms with van der Waals surface area (Å²) in [6.07, 6.45) is 3.99.